The highest BCUT2D eigenvalue weighted by Crippen LogP contribution is 2.38. The van der Waals surface area contributed by atoms with Crippen molar-refractivity contribution in [1.82, 2.24) is 9.19 Å². The quantitative estimate of drug-likeness (QED) is 0.836. The van der Waals surface area contributed by atoms with E-state index in [-0.39, 0.29) is 11.9 Å². The van der Waals surface area contributed by atoms with Gasteiger partial charge in [-0.05, 0) is 12.5 Å². The highest BCUT2D eigenvalue weighted by Gasteiger charge is 2.30. The van der Waals surface area contributed by atoms with Gasteiger partial charge in [0.2, 0.25) is 5.91 Å². The van der Waals surface area contributed by atoms with Crippen LogP contribution in [0.1, 0.15) is 31.1 Å². The van der Waals surface area contributed by atoms with Gasteiger partial charge < -0.3 is 4.74 Å². The number of hydrogen-bond acceptors (Lipinski definition) is 3. The Morgan fingerprint density at radius 2 is 2.04 bits per heavy atom. The zero-order chi connectivity index (χ0) is 17.1. The largest absolute Gasteiger partial charge is 0.380 e. The van der Waals surface area contributed by atoms with Crippen molar-refractivity contribution in [2.24, 2.45) is 0 Å². The van der Waals surface area contributed by atoms with Crippen molar-refractivity contribution in [2.45, 2.75) is 19.9 Å². The highest BCUT2D eigenvalue weighted by molar-refractivity contribution is 8.15. The van der Waals surface area contributed by atoms with Crippen LogP contribution >= 0.6 is 11.1 Å². The van der Waals surface area contributed by atoms with E-state index < -0.39 is 11.1 Å². The number of nitriles is 1. The van der Waals surface area contributed by atoms with E-state index >= 15 is 0 Å². The standard InChI is InChI=1S/C17H22N4O2S/c1-13(15-6-4-3-5-7-15)20(14(2)22)17-16(12-18)21(19-17)24-10-8-23-9-11-24/h3-7,13,19,24H,8-11H2,1-2H3. The van der Waals surface area contributed by atoms with Gasteiger partial charge in [-0.1, -0.05) is 30.3 Å². The minimum Gasteiger partial charge on any atom is -0.380 e. The van der Waals surface area contributed by atoms with Crippen LogP contribution in [-0.4, -0.2) is 39.8 Å². The maximum atomic E-state index is 12.2. The van der Waals surface area contributed by atoms with Crippen molar-refractivity contribution in [3.8, 4) is 6.07 Å². The van der Waals surface area contributed by atoms with Crippen LogP contribution in [0.25, 0.3) is 0 Å². The summed E-state index contributed by atoms with van der Waals surface area (Å²) in [4.78, 5) is 13.9. The summed E-state index contributed by atoms with van der Waals surface area (Å²) >= 11 is -0.457. The smallest absolute Gasteiger partial charge is 0.225 e. The Morgan fingerprint density at radius 1 is 1.38 bits per heavy atom. The van der Waals surface area contributed by atoms with Crippen molar-refractivity contribution < 1.29 is 9.53 Å². The van der Waals surface area contributed by atoms with Crippen molar-refractivity contribution >= 4 is 22.8 Å². The molecule has 24 heavy (non-hydrogen) atoms. The van der Waals surface area contributed by atoms with Gasteiger partial charge in [0.1, 0.15) is 6.07 Å². The van der Waals surface area contributed by atoms with Crippen LogP contribution in [0.2, 0.25) is 0 Å². The van der Waals surface area contributed by atoms with Gasteiger partial charge in [-0.25, -0.2) is 4.09 Å². The summed E-state index contributed by atoms with van der Waals surface area (Å²) in [5.41, 5.74) is 1.59. The third-order valence-corrected chi connectivity index (χ3v) is 6.54. The zero-order valence-corrected chi connectivity index (χ0v) is 14.8. The Kier molecular flexibility index (Phi) is 4.97. The fourth-order valence-electron chi connectivity index (χ4n) is 3.00. The Morgan fingerprint density at radius 3 is 2.62 bits per heavy atom. The molecule has 7 heteroatoms. The number of nitrogens with one attached hydrogen (secondary N) is 1. The minimum absolute atomic E-state index is 0.0824. The molecule has 1 fully saturated rings. The lowest BCUT2D eigenvalue weighted by Crippen LogP contribution is -2.37. The molecular formula is C17H22N4O2S. The number of rotatable bonds is 4. The normalized spacial score (nSPS) is 17.3. The number of aromatic amines is 1. The van der Waals surface area contributed by atoms with Gasteiger partial charge in [-0.3, -0.25) is 14.8 Å². The molecule has 1 N–H and O–H groups in total. The molecule has 2 heterocycles. The number of anilines is 1. The molecule has 1 saturated heterocycles. The topological polar surface area (TPSA) is 74.1 Å². The number of thiol groups is 1. The van der Waals surface area contributed by atoms with Gasteiger partial charge in [0.25, 0.3) is 0 Å². The lowest BCUT2D eigenvalue weighted by Gasteiger charge is -2.37. The van der Waals surface area contributed by atoms with Crippen LogP contribution in [0.3, 0.4) is 0 Å². The van der Waals surface area contributed by atoms with Gasteiger partial charge in [0.15, 0.2) is 11.5 Å². The molecule has 1 aliphatic rings. The van der Waals surface area contributed by atoms with Crippen molar-refractivity contribution in [1.29, 1.82) is 5.26 Å². The summed E-state index contributed by atoms with van der Waals surface area (Å²) in [5, 5.41) is 12.8. The molecule has 1 aromatic heterocycles. The third kappa shape index (κ3) is 3.07. The summed E-state index contributed by atoms with van der Waals surface area (Å²) in [6.45, 7) is 4.97. The Balaban J connectivity index is 1.90. The molecule has 1 aliphatic heterocycles. The summed E-state index contributed by atoms with van der Waals surface area (Å²) in [5.74, 6) is 2.40. The monoisotopic (exact) mass is 346 g/mol. The average molecular weight is 346 g/mol. The Labute approximate surface area is 144 Å². The molecule has 2 aromatic rings. The van der Waals surface area contributed by atoms with Gasteiger partial charge in [-0.15, -0.1) is 0 Å². The van der Waals surface area contributed by atoms with Crippen LogP contribution in [0.4, 0.5) is 5.82 Å². The highest BCUT2D eigenvalue weighted by atomic mass is 32.2. The van der Waals surface area contributed by atoms with E-state index in [1.165, 1.54) is 6.92 Å². The molecule has 6 nitrogen and oxygen atoms in total. The van der Waals surface area contributed by atoms with Crippen LogP contribution < -0.4 is 4.90 Å². The van der Waals surface area contributed by atoms with E-state index in [9.17, 15) is 10.1 Å². The molecular weight excluding hydrogens is 324 g/mol. The van der Waals surface area contributed by atoms with Crippen LogP contribution in [0, 0.1) is 11.3 Å². The van der Waals surface area contributed by atoms with Gasteiger partial charge in [0.05, 0.1) is 19.3 Å². The number of amides is 1. The van der Waals surface area contributed by atoms with E-state index in [2.05, 4.69) is 11.2 Å². The summed E-state index contributed by atoms with van der Waals surface area (Å²) in [7, 11) is 0. The van der Waals surface area contributed by atoms with Crippen LogP contribution in [-0.2, 0) is 9.53 Å². The first kappa shape index (κ1) is 16.7. The molecule has 3 rings (SSSR count). The number of benzene rings is 1. The van der Waals surface area contributed by atoms with E-state index in [1.807, 2.05) is 41.3 Å². The summed E-state index contributed by atoms with van der Waals surface area (Å²) in [6, 6.07) is 12.0. The third-order valence-electron chi connectivity index (χ3n) is 4.27. The predicted molar refractivity (Wildman–Crippen MR) is 96.5 cm³/mol. The van der Waals surface area contributed by atoms with E-state index in [1.54, 1.807) is 4.90 Å². The van der Waals surface area contributed by atoms with Gasteiger partial charge >= 0.3 is 0 Å². The Hall–Kier alpha value is -2.17. The lowest BCUT2D eigenvalue weighted by atomic mass is 10.1. The number of aromatic nitrogens is 2. The average Bonchev–Trinajstić information content (AvgIpc) is 2.59. The number of nitrogens with zero attached hydrogens (tertiary/aromatic N) is 3. The number of H-pyrrole nitrogens is 1. The first-order chi connectivity index (χ1) is 11.6. The molecule has 0 bridgehead atoms. The lowest BCUT2D eigenvalue weighted by molar-refractivity contribution is -0.117. The Bertz CT molecular complexity index is 740. The molecule has 1 unspecified atom stereocenters. The number of carbonyl (C=O) groups excluding carboxylic acids is 1. The molecule has 1 atom stereocenters. The van der Waals surface area contributed by atoms with Gasteiger partial charge in [-0.2, -0.15) is 16.3 Å². The first-order valence-electron chi connectivity index (χ1n) is 8.02. The summed E-state index contributed by atoms with van der Waals surface area (Å²) < 4.78 is 7.34. The fraction of sp³-hybridized carbons (Fsp3) is 0.412. The van der Waals surface area contributed by atoms with Crippen LogP contribution in [0.15, 0.2) is 30.3 Å². The van der Waals surface area contributed by atoms with E-state index in [4.69, 9.17) is 4.74 Å². The molecule has 128 valence electrons. The van der Waals surface area contributed by atoms with Crippen molar-refractivity contribution in [3.63, 3.8) is 0 Å². The van der Waals surface area contributed by atoms with Gasteiger partial charge in [0, 0.05) is 18.4 Å². The maximum absolute atomic E-state index is 12.2. The van der Waals surface area contributed by atoms with Crippen LogP contribution in [0.5, 0.6) is 0 Å². The summed E-state index contributed by atoms with van der Waals surface area (Å²) in [6.07, 6.45) is 0. The van der Waals surface area contributed by atoms with E-state index in [0.29, 0.717) is 11.5 Å². The molecule has 0 radical (unpaired) electrons. The predicted octanol–water partition coefficient (Wildman–Crippen LogP) is 2.60. The number of ether oxygens (including phenoxy) is 1. The first-order valence-corrected chi connectivity index (χ1v) is 9.68. The number of carbonyl (C=O) groups is 1. The van der Waals surface area contributed by atoms with Crippen molar-refractivity contribution in [3.05, 3.63) is 41.6 Å². The maximum Gasteiger partial charge on any atom is 0.225 e. The van der Waals surface area contributed by atoms with Crippen molar-refractivity contribution in [2.75, 3.05) is 29.6 Å². The second kappa shape index (κ2) is 7.16. The molecule has 0 aliphatic carbocycles. The molecule has 1 aromatic carbocycles. The fourth-order valence-corrected chi connectivity index (χ4v) is 4.96. The molecule has 0 saturated carbocycles. The van der Waals surface area contributed by atoms with E-state index in [0.717, 1.165) is 30.3 Å². The zero-order valence-electron chi connectivity index (χ0n) is 13.9. The number of hydrogen-bond donors (Lipinski definition) is 2. The minimum atomic E-state index is -0.457. The second-order valence-corrected chi connectivity index (χ2v) is 8.08. The second-order valence-electron chi connectivity index (χ2n) is 5.77. The SMILES string of the molecule is CC(=O)N(c1[nH]n([SH]2CCOCC2)c1C#N)C(C)c1ccccc1. The molecule has 1 amide bonds. The molecule has 0 spiro atoms.